The van der Waals surface area contributed by atoms with Gasteiger partial charge in [-0.1, -0.05) is 24.6 Å². The Bertz CT molecular complexity index is 299. The lowest BCUT2D eigenvalue weighted by Crippen LogP contribution is -1.96. The molecule has 0 unspecified atom stereocenters. The van der Waals surface area contributed by atoms with E-state index < -0.39 is 4.92 Å². The zero-order chi connectivity index (χ0) is 11.1. The van der Waals surface area contributed by atoms with Crippen LogP contribution in [0.4, 0.5) is 0 Å². The van der Waals surface area contributed by atoms with Gasteiger partial charge >= 0.3 is 0 Å². The molecule has 0 aliphatic carbocycles. The first kappa shape index (κ1) is 13.0. The Labute approximate surface area is 89.8 Å². The monoisotopic (exact) mass is 213 g/mol. The lowest BCUT2D eigenvalue weighted by molar-refractivity contribution is -0.419. The van der Waals surface area contributed by atoms with Gasteiger partial charge in [-0.2, -0.15) is 0 Å². The topological polar surface area (TPSA) is 43.1 Å². The van der Waals surface area contributed by atoms with E-state index in [-0.39, 0.29) is 5.70 Å². The Kier molecular flexibility index (Phi) is 5.95. The van der Waals surface area contributed by atoms with E-state index in [0.717, 1.165) is 6.42 Å². The average molecular weight is 213 g/mol. The summed E-state index contributed by atoms with van der Waals surface area (Å²) in [6, 6.07) is 0. The van der Waals surface area contributed by atoms with Crippen LogP contribution in [0.3, 0.4) is 0 Å². The van der Waals surface area contributed by atoms with Gasteiger partial charge < -0.3 is 0 Å². The zero-order valence-electron chi connectivity index (χ0n) is 8.65. The third-order valence-electron chi connectivity index (χ3n) is 1.76. The fourth-order valence-corrected chi connectivity index (χ4v) is 0.891. The number of nitro groups is 1. The van der Waals surface area contributed by atoms with Crippen LogP contribution in [0, 0.1) is 10.1 Å². The first-order chi connectivity index (χ1) is 6.49. The fraction of sp³-hybridized carbons (Fsp3) is 0.400. The predicted octanol–water partition coefficient (Wildman–Crippen LogP) is 3.34. The van der Waals surface area contributed by atoms with Crippen LogP contribution in [0.1, 0.15) is 27.2 Å². The number of rotatable bonds is 4. The molecule has 0 spiro atoms. The molecule has 0 radical (unpaired) electrons. The van der Waals surface area contributed by atoms with Crippen LogP contribution < -0.4 is 0 Å². The molecule has 0 fully saturated rings. The summed E-state index contributed by atoms with van der Waals surface area (Å²) in [7, 11) is 0. The van der Waals surface area contributed by atoms with Gasteiger partial charge in [-0.3, -0.25) is 10.1 Å². The van der Waals surface area contributed by atoms with Crippen molar-refractivity contribution in [2.45, 2.75) is 27.2 Å². The van der Waals surface area contributed by atoms with Crippen molar-refractivity contribution in [1.29, 1.82) is 0 Å². The van der Waals surface area contributed by atoms with Gasteiger partial charge in [0.05, 0.1) is 9.83 Å². The van der Waals surface area contributed by atoms with Gasteiger partial charge in [-0.05, 0) is 20.3 Å². The smallest absolute Gasteiger partial charge is 0.258 e. The molecule has 0 rings (SSSR count). The van der Waals surface area contributed by atoms with Crippen molar-refractivity contribution < 1.29 is 4.92 Å². The van der Waals surface area contributed by atoms with Crippen LogP contribution in [-0.2, 0) is 0 Å². The number of nitrogens with zero attached hydrogens (tertiary/aromatic N) is 1. The van der Waals surface area contributed by atoms with Crippen LogP contribution in [0.5, 0.6) is 0 Å². The highest BCUT2D eigenvalue weighted by Crippen LogP contribution is 2.10. The van der Waals surface area contributed by atoms with E-state index in [4.69, 9.17) is 0 Å². The third kappa shape index (κ3) is 4.87. The number of thiol groups is 1. The van der Waals surface area contributed by atoms with Crippen LogP contribution in [0.15, 0.2) is 34.4 Å². The molecule has 4 heteroatoms. The van der Waals surface area contributed by atoms with Crippen molar-refractivity contribution in [3.8, 4) is 0 Å². The third-order valence-corrected chi connectivity index (χ3v) is 1.99. The van der Waals surface area contributed by atoms with Gasteiger partial charge in [0.2, 0.25) is 0 Å². The molecule has 0 heterocycles. The summed E-state index contributed by atoms with van der Waals surface area (Å²) in [5, 5.41) is 10.5. The quantitative estimate of drug-likeness (QED) is 0.337. The lowest BCUT2D eigenvalue weighted by atomic mass is 10.2. The van der Waals surface area contributed by atoms with Crippen molar-refractivity contribution >= 4 is 12.6 Å². The summed E-state index contributed by atoms with van der Waals surface area (Å²) in [6.07, 6.45) is 5.94. The second kappa shape index (κ2) is 6.43. The van der Waals surface area contributed by atoms with E-state index in [1.807, 2.05) is 19.9 Å². The van der Waals surface area contributed by atoms with Crippen LogP contribution in [0.25, 0.3) is 0 Å². The SMILES string of the molecule is CC/C(C)=C/C=C\C(=C(/C)S)[N+](=O)[O-]. The van der Waals surface area contributed by atoms with Gasteiger partial charge in [-0.15, -0.1) is 12.6 Å². The maximum absolute atomic E-state index is 10.5. The Morgan fingerprint density at radius 2 is 2.07 bits per heavy atom. The van der Waals surface area contributed by atoms with Crippen molar-refractivity contribution in [3.05, 3.63) is 44.5 Å². The molecule has 0 aliphatic rings. The maximum atomic E-state index is 10.5. The molecule has 14 heavy (non-hydrogen) atoms. The highest BCUT2D eigenvalue weighted by Gasteiger charge is 2.07. The first-order valence-corrected chi connectivity index (χ1v) is 4.81. The summed E-state index contributed by atoms with van der Waals surface area (Å²) in [6.45, 7) is 5.61. The van der Waals surface area contributed by atoms with E-state index in [0.29, 0.717) is 4.91 Å². The number of allylic oxidation sites excluding steroid dienone is 5. The standard InChI is InChI=1S/C10H15NO2S/c1-4-8(2)6-5-7-10(9(3)14)11(12)13/h5-7,14H,4H2,1-3H3/b7-5-,8-6+,10-9-. The molecule has 0 saturated carbocycles. The molecule has 3 nitrogen and oxygen atoms in total. The normalized spacial score (nSPS) is 14.4. The van der Waals surface area contributed by atoms with Crippen molar-refractivity contribution in [2.24, 2.45) is 0 Å². The molecule has 0 bridgehead atoms. The summed E-state index contributed by atoms with van der Waals surface area (Å²) in [5.74, 6) is 0. The second-order valence-electron chi connectivity index (χ2n) is 2.95. The molecule has 0 N–H and O–H groups in total. The van der Waals surface area contributed by atoms with Crippen LogP contribution in [0.2, 0.25) is 0 Å². The van der Waals surface area contributed by atoms with Crippen LogP contribution >= 0.6 is 12.6 Å². The fourth-order valence-electron chi connectivity index (χ4n) is 0.735. The molecule has 0 atom stereocenters. The summed E-state index contributed by atoms with van der Waals surface area (Å²) >= 11 is 3.95. The summed E-state index contributed by atoms with van der Waals surface area (Å²) in [4.78, 5) is 10.5. The van der Waals surface area contributed by atoms with E-state index in [1.54, 1.807) is 13.0 Å². The molecule has 0 aromatic rings. The van der Waals surface area contributed by atoms with Gasteiger partial charge in [0.1, 0.15) is 0 Å². The summed E-state index contributed by atoms with van der Waals surface area (Å²) in [5.41, 5.74) is 1.22. The second-order valence-corrected chi connectivity index (χ2v) is 3.62. The van der Waals surface area contributed by atoms with E-state index in [2.05, 4.69) is 12.6 Å². The lowest BCUT2D eigenvalue weighted by Gasteiger charge is -1.93. The molecule has 0 aliphatic heterocycles. The minimum absolute atomic E-state index is 0.0356. The van der Waals surface area contributed by atoms with E-state index >= 15 is 0 Å². The highest BCUT2D eigenvalue weighted by molar-refractivity contribution is 7.84. The average Bonchev–Trinajstić information content (AvgIpc) is 2.10. The Hall–Kier alpha value is -1.03. The van der Waals surface area contributed by atoms with E-state index in [9.17, 15) is 10.1 Å². The Balaban J connectivity index is 4.65. The van der Waals surface area contributed by atoms with Gasteiger partial charge in [0.15, 0.2) is 0 Å². The molecule has 78 valence electrons. The molecule has 0 aromatic heterocycles. The predicted molar refractivity (Wildman–Crippen MR) is 61.9 cm³/mol. The van der Waals surface area contributed by atoms with Crippen molar-refractivity contribution in [2.75, 3.05) is 0 Å². The number of hydrogen-bond donors (Lipinski definition) is 1. The Morgan fingerprint density at radius 3 is 2.43 bits per heavy atom. The molecule has 0 saturated heterocycles. The minimum Gasteiger partial charge on any atom is -0.258 e. The molecular weight excluding hydrogens is 198 g/mol. The van der Waals surface area contributed by atoms with Crippen LogP contribution in [-0.4, -0.2) is 4.92 Å². The molecule has 0 aromatic carbocycles. The van der Waals surface area contributed by atoms with Crippen molar-refractivity contribution in [1.82, 2.24) is 0 Å². The first-order valence-electron chi connectivity index (χ1n) is 4.37. The van der Waals surface area contributed by atoms with Crippen molar-refractivity contribution in [3.63, 3.8) is 0 Å². The Morgan fingerprint density at radius 1 is 1.50 bits per heavy atom. The van der Waals surface area contributed by atoms with Gasteiger partial charge in [0.25, 0.3) is 5.70 Å². The molecule has 0 amide bonds. The minimum atomic E-state index is -0.437. The van der Waals surface area contributed by atoms with Gasteiger partial charge in [0, 0.05) is 6.08 Å². The number of hydrogen-bond acceptors (Lipinski definition) is 3. The zero-order valence-corrected chi connectivity index (χ0v) is 9.54. The van der Waals surface area contributed by atoms with Gasteiger partial charge in [-0.25, -0.2) is 0 Å². The highest BCUT2D eigenvalue weighted by atomic mass is 32.1. The van der Waals surface area contributed by atoms with E-state index in [1.165, 1.54) is 11.6 Å². The molecular formula is C10H15NO2S. The largest absolute Gasteiger partial charge is 0.278 e. The maximum Gasteiger partial charge on any atom is 0.278 e. The summed E-state index contributed by atoms with van der Waals surface area (Å²) < 4.78 is 0.